The minimum Gasteiger partial charge on any atom is -0.359 e. The second-order valence-electron chi connectivity index (χ2n) is 2.96. The molecule has 3 nitrogen and oxygen atoms in total. The second kappa shape index (κ2) is 6.24. The molecule has 0 heterocycles. The van der Waals surface area contributed by atoms with Crippen molar-refractivity contribution in [3.8, 4) is 0 Å². The van der Waals surface area contributed by atoms with Crippen LogP contribution in [0, 0.1) is 0 Å². The molecule has 1 aromatic carbocycles. The van der Waals surface area contributed by atoms with E-state index in [-0.39, 0.29) is 5.91 Å². The third-order valence-corrected chi connectivity index (χ3v) is 2.87. The van der Waals surface area contributed by atoms with Crippen molar-refractivity contribution in [2.45, 2.75) is 11.3 Å². The Morgan fingerprint density at radius 2 is 2.33 bits per heavy atom. The van der Waals surface area contributed by atoms with Crippen LogP contribution >= 0.6 is 11.8 Å². The minimum atomic E-state index is 0.0361. The molecule has 0 aliphatic carbocycles. The van der Waals surface area contributed by atoms with Gasteiger partial charge in [-0.15, -0.1) is 11.8 Å². The van der Waals surface area contributed by atoms with E-state index in [0.29, 0.717) is 12.0 Å². The molecule has 0 aromatic heterocycles. The van der Waals surface area contributed by atoms with Gasteiger partial charge in [0.2, 0.25) is 5.91 Å². The first-order valence-electron chi connectivity index (χ1n) is 4.65. The average molecular weight is 223 g/mol. The van der Waals surface area contributed by atoms with Gasteiger partial charge in [-0.2, -0.15) is 0 Å². The quantitative estimate of drug-likeness (QED) is 0.611. The Hall–Kier alpha value is -1.29. The normalized spacial score (nSPS) is 9.67. The summed E-state index contributed by atoms with van der Waals surface area (Å²) in [4.78, 5) is 22.5. The summed E-state index contributed by atoms with van der Waals surface area (Å²) in [6.07, 6.45) is 1.31. The molecule has 0 bridgehead atoms. The summed E-state index contributed by atoms with van der Waals surface area (Å²) >= 11 is 1.57. The van der Waals surface area contributed by atoms with Crippen LogP contribution in [-0.4, -0.2) is 25.0 Å². The van der Waals surface area contributed by atoms with Crippen molar-refractivity contribution in [2.24, 2.45) is 0 Å². The Kier molecular flexibility index (Phi) is 4.90. The lowest BCUT2D eigenvalue weighted by molar-refractivity contribution is -0.120. The fourth-order valence-electron chi connectivity index (χ4n) is 1.06. The molecule has 4 heteroatoms. The van der Waals surface area contributed by atoms with Crippen molar-refractivity contribution < 1.29 is 9.59 Å². The van der Waals surface area contributed by atoms with Crippen LogP contribution in [0.2, 0.25) is 0 Å². The van der Waals surface area contributed by atoms with E-state index in [9.17, 15) is 9.59 Å². The number of benzene rings is 1. The smallest absolute Gasteiger partial charge is 0.220 e. The fourth-order valence-corrected chi connectivity index (χ4v) is 1.98. The lowest BCUT2D eigenvalue weighted by Crippen LogP contribution is -2.17. The van der Waals surface area contributed by atoms with Crippen molar-refractivity contribution in [3.05, 3.63) is 29.8 Å². The van der Waals surface area contributed by atoms with Crippen LogP contribution in [-0.2, 0) is 4.79 Å². The predicted octanol–water partition coefficient (Wildman–Crippen LogP) is 1.73. The van der Waals surface area contributed by atoms with Crippen LogP contribution in [0.25, 0.3) is 0 Å². The first-order chi connectivity index (χ1) is 7.26. The van der Waals surface area contributed by atoms with Crippen LogP contribution in [0.15, 0.2) is 29.2 Å². The van der Waals surface area contributed by atoms with Gasteiger partial charge in [0.05, 0.1) is 0 Å². The van der Waals surface area contributed by atoms with Crippen molar-refractivity contribution >= 4 is 24.0 Å². The molecule has 0 aliphatic heterocycles. The second-order valence-corrected chi connectivity index (χ2v) is 4.13. The van der Waals surface area contributed by atoms with Gasteiger partial charge in [0.25, 0.3) is 0 Å². The summed E-state index contributed by atoms with van der Waals surface area (Å²) in [6, 6.07) is 7.35. The van der Waals surface area contributed by atoms with E-state index in [1.165, 1.54) is 0 Å². The van der Waals surface area contributed by atoms with Crippen molar-refractivity contribution in [3.63, 3.8) is 0 Å². The number of amides is 1. The minimum absolute atomic E-state index is 0.0361. The van der Waals surface area contributed by atoms with Crippen LogP contribution in [0.3, 0.4) is 0 Å². The van der Waals surface area contributed by atoms with Gasteiger partial charge in [-0.05, 0) is 12.1 Å². The molecule has 0 fully saturated rings. The summed E-state index contributed by atoms with van der Waals surface area (Å²) in [5.41, 5.74) is 0.667. The highest BCUT2D eigenvalue weighted by molar-refractivity contribution is 7.99. The van der Waals surface area contributed by atoms with Gasteiger partial charge in [-0.1, -0.05) is 12.1 Å². The molecule has 0 spiro atoms. The van der Waals surface area contributed by atoms with Gasteiger partial charge in [0, 0.05) is 29.7 Å². The van der Waals surface area contributed by atoms with Crippen molar-refractivity contribution in [2.75, 3.05) is 12.8 Å². The highest BCUT2D eigenvalue weighted by Crippen LogP contribution is 2.19. The summed E-state index contributed by atoms with van der Waals surface area (Å²) in [6.45, 7) is 0. The highest BCUT2D eigenvalue weighted by atomic mass is 32.2. The molecule has 15 heavy (non-hydrogen) atoms. The SMILES string of the molecule is CNC(=O)CCSc1cccc(C=O)c1. The van der Waals surface area contributed by atoms with E-state index in [2.05, 4.69) is 5.32 Å². The monoisotopic (exact) mass is 223 g/mol. The van der Waals surface area contributed by atoms with E-state index in [0.717, 1.165) is 16.9 Å². The Morgan fingerprint density at radius 1 is 1.53 bits per heavy atom. The maximum absolute atomic E-state index is 10.9. The number of carbonyl (C=O) groups is 2. The van der Waals surface area contributed by atoms with Crippen LogP contribution in [0.4, 0.5) is 0 Å². The topological polar surface area (TPSA) is 46.2 Å². The van der Waals surface area contributed by atoms with Gasteiger partial charge in [-0.25, -0.2) is 0 Å². The number of aldehydes is 1. The Balaban J connectivity index is 2.43. The first kappa shape index (κ1) is 11.8. The fraction of sp³-hybridized carbons (Fsp3) is 0.273. The van der Waals surface area contributed by atoms with Gasteiger partial charge in [0.15, 0.2) is 0 Å². The molecule has 0 saturated heterocycles. The molecule has 1 amide bonds. The van der Waals surface area contributed by atoms with Crippen LogP contribution in [0.5, 0.6) is 0 Å². The van der Waals surface area contributed by atoms with Gasteiger partial charge in [0.1, 0.15) is 6.29 Å². The highest BCUT2D eigenvalue weighted by Gasteiger charge is 1.99. The molecule has 1 aromatic rings. The van der Waals surface area contributed by atoms with E-state index in [1.54, 1.807) is 24.9 Å². The number of rotatable bonds is 5. The van der Waals surface area contributed by atoms with Crippen molar-refractivity contribution in [1.82, 2.24) is 5.32 Å². The van der Waals surface area contributed by atoms with E-state index in [4.69, 9.17) is 0 Å². The Labute approximate surface area is 93.3 Å². The van der Waals surface area contributed by atoms with Gasteiger partial charge in [-0.3, -0.25) is 9.59 Å². The zero-order chi connectivity index (χ0) is 11.1. The maximum Gasteiger partial charge on any atom is 0.220 e. The average Bonchev–Trinajstić information content (AvgIpc) is 2.29. The number of thioether (sulfide) groups is 1. The van der Waals surface area contributed by atoms with E-state index < -0.39 is 0 Å². The number of hydrogen-bond acceptors (Lipinski definition) is 3. The van der Waals surface area contributed by atoms with Crippen LogP contribution in [0.1, 0.15) is 16.8 Å². The third-order valence-electron chi connectivity index (χ3n) is 1.87. The number of hydrogen-bond donors (Lipinski definition) is 1. The third kappa shape index (κ3) is 4.16. The molecule has 80 valence electrons. The molecular formula is C11H13NO2S. The molecule has 1 rings (SSSR count). The summed E-state index contributed by atoms with van der Waals surface area (Å²) in [7, 11) is 1.63. The molecule has 0 radical (unpaired) electrons. The zero-order valence-electron chi connectivity index (χ0n) is 8.53. The Bertz CT molecular complexity index is 352. The van der Waals surface area contributed by atoms with Crippen LogP contribution < -0.4 is 5.32 Å². The standard InChI is InChI=1S/C11H13NO2S/c1-12-11(14)5-6-15-10-4-2-3-9(7-10)8-13/h2-4,7-8H,5-6H2,1H3,(H,12,14). The first-order valence-corrected chi connectivity index (χ1v) is 5.63. The Morgan fingerprint density at radius 3 is 3.00 bits per heavy atom. The van der Waals surface area contributed by atoms with Crippen molar-refractivity contribution in [1.29, 1.82) is 0 Å². The summed E-state index contributed by atoms with van der Waals surface area (Å²) in [5.74, 6) is 0.760. The predicted molar refractivity (Wildman–Crippen MR) is 61.2 cm³/mol. The van der Waals surface area contributed by atoms with Gasteiger partial charge < -0.3 is 5.32 Å². The molecule has 0 saturated carbocycles. The molecule has 0 atom stereocenters. The lowest BCUT2D eigenvalue weighted by Gasteiger charge is -2.01. The lowest BCUT2D eigenvalue weighted by atomic mass is 10.2. The molecular weight excluding hydrogens is 210 g/mol. The zero-order valence-corrected chi connectivity index (χ0v) is 9.34. The molecule has 1 N–H and O–H groups in total. The number of nitrogens with one attached hydrogen (secondary N) is 1. The molecule has 0 aliphatic rings. The van der Waals surface area contributed by atoms with E-state index in [1.807, 2.05) is 18.2 Å². The number of carbonyl (C=O) groups excluding carboxylic acids is 2. The molecule has 0 unspecified atom stereocenters. The van der Waals surface area contributed by atoms with Gasteiger partial charge >= 0.3 is 0 Å². The largest absolute Gasteiger partial charge is 0.359 e. The summed E-state index contributed by atoms with van der Waals surface area (Å²) < 4.78 is 0. The summed E-state index contributed by atoms with van der Waals surface area (Å²) in [5, 5.41) is 2.57. The maximum atomic E-state index is 10.9. The van der Waals surface area contributed by atoms with E-state index >= 15 is 0 Å².